The van der Waals surface area contributed by atoms with Crippen molar-refractivity contribution in [1.29, 1.82) is 0 Å². The van der Waals surface area contributed by atoms with Crippen molar-refractivity contribution in [3.05, 3.63) is 12.7 Å². The lowest BCUT2D eigenvalue weighted by atomic mass is 9.86. The molecule has 66 valence electrons. The smallest absolute Gasteiger partial charge is 0.0571 e. The summed E-state index contributed by atoms with van der Waals surface area (Å²) in [6, 6.07) is 0. The molecule has 0 radical (unpaired) electrons. The first kappa shape index (κ1) is 10.7. The van der Waals surface area contributed by atoms with Gasteiger partial charge in [-0.05, 0) is 24.7 Å². The highest BCUT2D eigenvalue weighted by molar-refractivity contribution is 4.79. The van der Waals surface area contributed by atoms with Gasteiger partial charge in [0.2, 0.25) is 0 Å². The van der Waals surface area contributed by atoms with Crippen LogP contribution in [-0.4, -0.2) is 11.2 Å². The predicted octanol–water partition coefficient (Wildman–Crippen LogP) is 2.61. The van der Waals surface area contributed by atoms with E-state index in [1.165, 1.54) is 0 Å². The number of allylic oxidation sites excluding steroid dienone is 1. The zero-order chi connectivity index (χ0) is 8.85. The van der Waals surface area contributed by atoms with Gasteiger partial charge in [0.05, 0.1) is 6.10 Å². The fraction of sp³-hybridized carbons (Fsp3) is 0.800. The standard InChI is InChI=1S/C10H20O/c1-5-7-9(8(3)4)10(11)6-2/h5,8-11H,1,6-7H2,2-4H3/t9-,10?/m1/s1. The van der Waals surface area contributed by atoms with E-state index in [0.29, 0.717) is 11.8 Å². The van der Waals surface area contributed by atoms with Crippen LogP contribution in [0.25, 0.3) is 0 Å². The van der Waals surface area contributed by atoms with E-state index in [2.05, 4.69) is 20.4 Å². The molecule has 1 nitrogen and oxygen atoms in total. The summed E-state index contributed by atoms with van der Waals surface area (Å²) in [6.07, 6.45) is 3.50. The lowest BCUT2D eigenvalue weighted by Gasteiger charge is -2.24. The Morgan fingerprint density at radius 3 is 2.27 bits per heavy atom. The molecule has 1 heteroatoms. The first-order chi connectivity index (χ1) is 5.13. The van der Waals surface area contributed by atoms with E-state index in [0.717, 1.165) is 12.8 Å². The van der Waals surface area contributed by atoms with Crippen LogP contribution in [0.5, 0.6) is 0 Å². The molecule has 0 bridgehead atoms. The van der Waals surface area contributed by atoms with Gasteiger partial charge < -0.3 is 5.11 Å². The summed E-state index contributed by atoms with van der Waals surface area (Å²) in [6.45, 7) is 10.00. The Morgan fingerprint density at radius 1 is 1.45 bits per heavy atom. The number of hydrogen-bond donors (Lipinski definition) is 1. The van der Waals surface area contributed by atoms with E-state index >= 15 is 0 Å². The third-order valence-electron chi connectivity index (χ3n) is 2.21. The Hall–Kier alpha value is -0.300. The van der Waals surface area contributed by atoms with Gasteiger partial charge in [-0.2, -0.15) is 0 Å². The maximum Gasteiger partial charge on any atom is 0.0571 e. The maximum absolute atomic E-state index is 9.57. The Morgan fingerprint density at radius 2 is 2.00 bits per heavy atom. The van der Waals surface area contributed by atoms with Crippen LogP contribution in [0, 0.1) is 11.8 Å². The second kappa shape index (κ2) is 5.36. The molecule has 0 fully saturated rings. The molecule has 0 aliphatic heterocycles. The number of aliphatic hydroxyl groups excluding tert-OH is 1. The third-order valence-corrected chi connectivity index (χ3v) is 2.21. The minimum absolute atomic E-state index is 0.159. The van der Waals surface area contributed by atoms with Crippen LogP contribution in [0.2, 0.25) is 0 Å². The lowest BCUT2D eigenvalue weighted by Crippen LogP contribution is -2.23. The molecule has 0 rings (SSSR count). The molecule has 2 atom stereocenters. The van der Waals surface area contributed by atoms with E-state index in [1.807, 2.05) is 13.0 Å². The van der Waals surface area contributed by atoms with E-state index in [4.69, 9.17) is 0 Å². The van der Waals surface area contributed by atoms with Crippen LogP contribution in [0.15, 0.2) is 12.7 Å². The van der Waals surface area contributed by atoms with Crippen LogP contribution in [0.1, 0.15) is 33.6 Å². The van der Waals surface area contributed by atoms with Crippen molar-refractivity contribution < 1.29 is 5.11 Å². The van der Waals surface area contributed by atoms with Crippen LogP contribution in [0.4, 0.5) is 0 Å². The summed E-state index contributed by atoms with van der Waals surface area (Å²) < 4.78 is 0. The number of aliphatic hydroxyl groups is 1. The van der Waals surface area contributed by atoms with Gasteiger partial charge in [-0.15, -0.1) is 6.58 Å². The van der Waals surface area contributed by atoms with Gasteiger partial charge >= 0.3 is 0 Å². The van der Waals surface area contributed by atoms with Crippen molar-refractivity contribution in [2.24, 2.45) is 11.8 Å². The zero-order valence-electron chi connectivity index (χ0n) is 7.88. The fourth-order valence-corrected chi connectivity index (χ4v) is 1.37. The molecule has 0 saturated heterocycles. The Balaban J connectivity index is 3.96. The molecule has 0 aliphatic carbocycles. The van der Waals surface area contributed by atoms with Gasteiger partial charge in [-0.25, -0.2) is 0 Å². The van der Waals surface area contributed by atoms with Crippen molar-refractivity contribution in [2.75, 3.05) is 0 Å². The van der Waals surface area contributed by atoms with E-state index in [-0.39, 0.29) is 6.10 Å². The minimum atomic E-state index is -0.159. The molecule has 1 N–H and O–H groups in total. The summed E-state index contributed by atoms with van der Waals surface area (Å²) in [5.41, 5.74) is 0. The maximum atomic E-state index is 9.57. The monoisotopic (exact) mass is 156 g/mol. The van der Waals surface area contributed by atoms with Gasteiger partial charge in [0.25, 0.3) is 0 Å². The second-order valence-electron chi connectivity index (χ2n) is 3.41. The molecular weight excluding hydrogens is 136 g/mol. The van der Waals surface area contributed by atoms with Crippen LogP contribution < -0.4 is 0 Å². The predicted molar refractivity (Wildman–Crippen MR) is 49.4 cm³/mol. The number of rotatable bonds is 5. The van der Waals surface area contributed by atoms with E-state index < -0.39 is 0 Å². The van der Waals surface area contributed by atoms with Crippen molar-refractivity contribution in [3.63, 3.8) is 0 Å². The van der Waals surface area contributed by atoms with Crippen LogP contribution in [0.3, 0.4) is 0 Å². The summed E-state index contributed by atoms with van der Waals surface area (Å²) >= 11 is 0. The molecule has 1 unspecified atom stereocenters. The van der Waals surface area contributed by atoms with Gasteiger partial charge in [-0.1, -0.05) is 26.8 Å². The molecule has 0 aromatic rings. The average Bonchev–Trinajstić information content (AvgIpc) is 1.98. The van der Waals surface area contributed by atoms with Crippen LogP contribution in [-0.2, 0) is 0 Å². The molecule has 0 amide bonds. The van der Waals surface area contributed by atoms with Gasteiger partial charge in [0.15, 0.2) is 0 Å². The Bertz CT molecular complexity index is 107. The van der Waals surface area contributed by atoms with Crippen LogP contribution >= 0.6 is 0 Å². The van der Waals surface area contributed by atoms with Gasteiger partial charge in [0.1, 0.15) is 0 Å². The largest absolute Gasteiger partial charge is 0.393 e. The molecule has 11 heavy (non-hydrogen) atoms. The lowest BCUT2D eigenvalue weighted by molar-refractivity contribution is 0.0796. The highest BCUT2D eigenvalue weighted by atomic mass is 16.3. The summed E-state index contributed by atoms with van der Waals surface area (Å²) in [4.78, 5) is 0. The summed E-state index contributed by atoms with van der Waals surface area (Å²) in [5.74, 6) is 0.931. The SMILES string of the molecule is C=CC[C@H](C(C)C)C(O)CC. The van der Waals surface area contributed by atoms with Crippen molar-refractivity contribution in [2.45, 2.75) is 39.7 Å². The zero-order valence-corrected chi connectivity index (χ0v) is 7.88. The van der Waals surface area contributed by atoms with Gasteiger partial charge in [0, 0.05) is 0 Å². The molecular formula is C10H20O. The van der Waals surface area contributed by atoms with Crippen molar-refractivity contribution in [3.8, 4) is 0 Å². The highest BCUT2D eigenvalue weighted by Crippen LogP contribution is 2.21. The fourth-order valence-electron chi connectivity index (χ4n) is 1.37. The Labute approximate surface area is 70.1 Å². The highest BCUT2D eigenvalue weighted by Gasteiger charge is 2.19. The Kier molecular flexibility index (Phi) is 5.22. The molecule has 0 aromatic heterocycles. The normalized spacial score (nSPS) is 16.5. The summed E-state index contributed by atoms with van der Waals surface area (Å²) in [5, 5.41) is 9.57. The quantitative estimate of drug-likeness (QED) is 0.607. The molecule has 0 heterocycles. The first-order valence-electron chi connectivity index (χ1n) is 4.42. The van der Waals surface area contributed by atoms with Crippen molar-refractivity contribution in [1.82, 2.24) is 0 Å². The summed E-state index contributed by atoms with van der Waals surface area (Å²) in [7, 11) is 0. The van der Waals surface area contributed by atoms with Crippen molar-refractivity contribution >= 4 is 0 Å². The minimum Gasteiger partial charge on any atom is -0.393 e. The molecule has 0 spiro atoms. The van der Waals surface area contributed by atoms with E-state index in [9.17, 15) is 5.11 Å². The third kappa shape index (κ3) is 3.57. The average molecular weight is 156 g/mol. The van der Waals surface area contributed by atoms with E-state index in [1.54, 1.807) is 0 Å². The molecule has 0 aromatic carbocycles. The topological polar surface area (TPSA) is 20.2 Å². The second-order valence-corrected chi connectivity index (χ2v) is 3.41. The van der Waals surface area contributed by atoms with Gasteiger partial charge in [-0.3, -0.25) is 0 Å². The molecule has 0 saturated carbocycles. The first-order valence-corrected chi connectivity index (χ1v) is 4.42. The number of hydrogen-bond acceptors (Lipinski definition) is 1. The molecule has 0 aliphatic rings.